The number of ether oxygens (including phenoxy) is 2. The summed E-state index contributed by atoms with van der Waals surface area (Å²) in [4.78, 5) is 3.86. The highest BCUT2D eigenvalue weighted by molar-refractivity contribution is 7.92. The maximum atomic E-state index is 11.2. The van der Waals surface area contributed by atoms with Crippen molar-refractivity contribution in [3.63, 3.8) is 0 Å². The molecule has 1 aromatic heterocycles. The van der Waals surface area contributed by atoms with Gasteiger partial charge in [0.2, 0.25) is 10.0 Å². The summed E-state index contributed by atoms with van der Waals surface area (Å²) >= 11 is 0. The molecule has 1 N–H and O–H groups in total. The van der Waals surface area contributed by atoms with Crippen LogP contribution in [0.1, 0.15) is 0 Å². The zero-order valence-electron chi connectivity index (χ0n) is 12.3. The Labute approximate surface area is 121 Å². The van der Waals surface area contributed by atoms with Crippen LogP contribution in [0.3, 0.4) is 0 Å². The van der Waals surface area contributed by atoms with Crippen LogP contribution < -0.4 is 9.46 Å². The summed E-state index contributed by atoms with van der Waals surface area (Å²) < 4.78 is 35.6. The Morgan fingerprint density at radius 3 is 2.65 bits per heavy atom. The van der Waals surface area contributed by atoms with Crippen LogP contribution in [-0.2, 0) is 14.8 Å². The number of hydrogen-bond donors (Lipinski definition) is 1. The van der Waals surface area contributed by atoms with Crippen molar-refractivity contribution < 1.29 is 17.9 Å². The molecule has 0 bridgehead atoms. The highest BCUT2D eigenvalue weighted by Crippen LogP contribution is 2.23. The number of anilines is 1. The molecule has 0 aliphatic heterocycles. The molecule has 1 aromatic rings. The van der Waals surface area contributed by atoms with Gasteiger partial charge < -0.3 is 9.47 Å². The van der Waals surface area contributed by atoms with Gasteiger partial charge in [-0.1, -0.05) is 19.6 Å². The first kappa shape index (κ1) is 16.9. The molecule has 6 nitrogen and oxygen atoms in total. The van der Waals surface area contributed by atoms with E-state index in [1.807, 2.05) is 0 Å². The van der Waals surface area contributed by atoms with Gasteiger partial charge in [0.25, 0.3) is 0 Å². The molecule has 114 valence electrons. The van der Waals surface area contributed by atoms with Crippen LogP contribution >= 0.6 is 0 Å². The van der Waals surface area contributed by atoms with Gasteiger partial charge in [0.15, 0.2) is 6.79 Å². The second-order valence-corrected chi connectivity index (χ2v) is 13.1. The van der Waals surface area contributed by atoms with Gasteiger partial charge in [0.1, 0.15) is 11.4 Å². The third kappa shape index (κ3) is 7.46. The summed E-state index contributed by atoms with van der Waals surface area (Å²) in [5.74, 6) is 0.401. The Balaban J connectivity index is 2.48. The molecule has 0 aliphatic rings. The standard InChI is InChI=1S/C12H22N2O4SSi/c1-19(15,16)14-11-9-13-6-5-12(11)18-10-17-7-8-20(2,3)4/h5-6,9,14H,7-8,10H2,1-4H3. The fraction of sp³-hybridized carbons (Fsp3) is 0.583. The first-order valence-electron chi connectivity index (χ1n) is 6.30. The van der Waals surface area contributed by atoms with Crippen LogP contribution in [-0.4, -0.2) is 41.1 Å². The summed E-state index contributed by atoms with van der Waals surface area (Å²) in [7, 11) is -4.47. The first-order valence-corrected chi connectivity index (χ1v) is 11.9. The van der Waals surface area contributed by atoms with Crippen molar-refractivity contribution in [3.05, 3.63) is 18.5 Å². The quantitative estimate of drug-likeness (QED) is 0.451. The van der Waals surface area contributed by atoms with Crippen molar-refractivity contribution in [1.82, 2.24) is 4.98 Å². The van der Waals surface area contributed by atoms with Crippen LogP contribution in [0.5, 0.6) is 5.75 Å². The predicted molar refractivity (Wildman–Crippen MR) is 82.3 cm³/mol. The third-order valence-corrected chi connectivity index (χ3v) is 4.67. The topological polar surface area (TPSA) is 77.5 Å². The molecule has 0 atom stereocenters. The number of rotatable bonds is 8. The van der Waals surface area contributed by atoms with Crippen molar-refractivity contribution in [3.8, 4) is 5.75 Å². The smallest absolute Gasteiger partial charge is 0.229 e. The molecule has 0 aliphatic carbocycles. The Hall–Kier alpha value is -1.12. The van der Waals surface area contributed by atoms with Crippen LogP contribution in [0, 0.1) is 0 Å². The van der Waals surface area contributed by atoms with E-state index in [1.54, 1.807) is 6.07 Å². The third-order valence-electron chi connectivity index (χ3n) is 2.37. The van der Waals surface area contributed by atoms with E-state index in [0.717, 1.165) is 12.3 Å². The lowest BCUT2D eigenvalue weighted by atomic mass is 10.4. The molecule has 0 saturated heterocycles. The lowest BCUT2D eigenvalue weighted by Crippen LogP contribution is -2.22. The number of nitrogens with zero attached hydrogens (tertiary/aromatic N) is 1. The molecule has 0 radical (unpaired) electrons. The average Bonchev–Trinajstić information content (AvgIpc) is 2.27. The minimum Gasteiger partial charge on any atom is -0.465 e. The van der Waals surface area contributed by atoms with Crippen molar-refractivity contribution in [2.75, 3.05) is 24.4 Å². The predicted octanol–water partition coefficient (Wildman–Crippen LogP) is 2.14. The normalized spacial score (nSPS) is 12.2. The number of hydrogen-bond acceptors (Lipinski definition) is 5. The van der Waals surface area contributed by atoms with E-state index in [1.165, 1.54) is 12.4 Å². The van der Waals surface area contributed by atoms with E-state index >= 15 is 0 Å². The summed E-state index contributed by atoms with van der Waals surface area (Å²) in [5.41, 5.74) is 0.309. The van der Waals surface area contributed by atoms with Crippen LogP contribution in [0.2, 0.25) is 25.7 Å². The molecular formula is C12H22N2O4SSi. The second kappa shape index (κ2) is 7.05. The molecular weight excluding hydrogens is 296 g/mol. The highest BCUT2D eigenvalue weighted by atomic mass is 32.2. The molecule has 0 spiro atoms. The fourth-order valence-corrected chi connectivity index (χ4v) is 2.64. The van der Waals surface area contributed by atoms with Gasteiger partial charge >= 0.3 is 0 Å². The average molecular weight is 318 g/mol. The largest absolute Gasteiger partial charge is 0.465 e. The number of aromatic nitrogens is 1. The lowest BCUT2D eigenvalue weighted by Gasteiger charge is -2.16. The molecule has 0 saturated carbocycles. The molecule has 0 unspecified atom stereocenters. The Bertz CT molecular complexity index is 529. The fourth-order valence-electron chi connectivity index (χ4n) is 1.33. The second-order valence-electron chi connectivity index (χ2n) is 5.73. The molecule has 8 heteroatoms. The number of nitrogens with one attached hydrogen (secondary N) is 1. The maximum Gasteiger partial charge on any atom is 0.229 e. The van der Waals surface area contributed by atoms with Crippen molar-refractivity contribution >= 4 is 23.8 Å². The molecule has 0 fully saturated rings. The van der Waals surface area contributed by atoms with Gasteiger partial charge in [-0.15, -0.1) is 0 Å². The van der Waals surface area contributed by atoms with Crippen molar-refractivity contribution in [2.24, 2.45) is 0 Å². The van der Waals surface area contributed by atoms with Gasteiger partial charge in [0, 0.05) is 26.9 Å². The van der Waals surface area contributed by atoms with E-state index < -0.39 is 18.1 Å². The minimum absolute atomic E-state index is 0.0902. The maximum absolute atomic E-state index is 11.2. The number of pyridine rings is 1. The molecule has 1 rings (SSSR count). The van der Waals surface area contributed by atoms with Crippen molar-refractivity contribution in [2.45, 2.75) is 25.7 Å². The van der Waals surface area contributed by atoms with E-state index in [2.05, 4.69) is 29.3 Å². The first-order chi connectivity index (χ1) is 9.17. The highest BCUT2D eigenvalue weighted by Gasteiger charge is 2.12. The Morgan fingerprint density at radius 2 is 2.05 bits per heavy atom. The van der Waals surface area contributed by atoms with Gasteiger partial charge in [0.05, 0.1) is 12.5 Å². The summed E-state index contributed by atoms with van der Waals surface area (Å²) in [6.45, 7) is 7.55. The van der Waals surface area contributed by atoms with Crippen molar-refractivity contribution in [1.29, 1.82) is 0 Å². The minimum atomic E-state index is -3.36. The zero-order valence-corrected chi connectivity index (χ0v) is 14.2. The molecule has 0 amide bonds. The summed E-state index contributed by atoms with van der Waals surface area (Å²) in [5, 5.41) is 0. The van der Waals surface area contributed by atoms with E-state index in [-0.39, 0.29) is 6.79 Å². The van der Waals surface area contributed by atoms with Gasteiger partial charge in [-0.3, -0.25) is 9.71 Å². The molecule has 20 heavy (non-hydrogen) atoms. The monoisotopic (exact) mass is 318 g/mol. The van der Waals surface area contributed by atoms with Gasteiger partial charge in [-0.2, -0.15) is 0 Å². The lowest BCUT2D eigenvalue weighted by molar-refractivity contribution is 0.0224. The summed E-state index contributed by atoms with van der Waals surface area (Å²) in [6, 6.07) is 2.65. The van der Waals surface area contributed by atoms with Crippen LogP contribution in [0.4, 0.5) is 5.69 Å². The Morgan fingerprint density at radius 1 is 1.35 bits per heavy atom. The summed E-state index contributed by atoms with van der Waals surface area (Å²) in [6.07, 6.45) is 4.01. The zero-order chi connectivity index (χ0) is 15.2. The Kier molecular flexibility index (Phi) is 5.97. The SMILES string of the molecule is C[Si](C)(C)CCOCOc1ccncc1NS(C)(=O)=O. The van der Waals surface area contributed by atoms with E-state index in [0.29, 0.717) is 18.0 Å². The van der Waals surface area contributed by atoms with E-state index in [9.17, 15) is 8.42 Å². The molecule has 1 heterocycles. The molecule has 0 aromatic carbocycles. The van der Waals surface area contributed by atoms with Crippen LogP contribution in [0.25, 0.3) is 0 Å². The van der Waals surface area contributed by atoms with Crippen LogP contribution in [0.15, 0.2) is 18.5 Å². The van der Waals surface area contributed by atoms with E-state index in [4.69, 9.17) is 9.47 Å². The van der Waals surface area contributed by atoms with Gasteiger partial charge in [-0.05, 0) is 6.04 Å². The van der Waals surface area contributed by atoms with Gasteiger partial charge in [-0.25, -0.2) is 8.42 Å². The number of sulfonamides is 1.